The van der Waals surface area contributed by atoms with E-state index in [1.54, 1.807) is 14.1 Å². The Morgan fingerprint density at radius 3 is 2.46 bits per heavy atom. The lowest BCUT2D eigenvalue weighted by molar-refractivity contribution is 0.0963. The molecule has 0 aliphatic rings. The molecule has 2 aromatic rings. The Kier molecular flexibility index (Phi) is 11.0. The fourth-order valence-electron chi connectivity index (χ4n) is 2.53. The quantitative estimate of drug-likeness (QED) is 0.228. The van der Waals surface area contributed by atoms with E-state index in [0.717, 1.165) is 30.2 Å². The van der Waals surface area contributed by atoms with Crippen LogP contribution in [0.25, 0.3) is 0 Å². The van der Waals surface area contributed by atoms with E-state index < -0.39 is 0 Å². The number of amides is 1. The van der Waals surface area contributed by atoms with Gasteiger partial charge in [0.15, 0.2) is 5.96 Å². The molecule has 0 saturated carbocycles. The van der Waals surface area contributed by atoms with Crippen molar-refractivity contribution in [1.29, 1.82) is 0 Å². The van der Waals surface area contributed by atoms with Gasteiger partial charge in [-0.25, -0.2) is 0 Å². The first-order chi connectivity index (χ1) is 13.1. The molecule has 0 heterocycles. The second kappa shape index (κ2) is 13.0. The summed E-state index contributed by atoms with van der Waals surface area (Å²) < 4.78 is 5.69. The summed E-state index contributed by atoms with van der Waals surface area (Å²) in [5, 5.41) is 9.13. The number of guanidine groups is 1. The fourth-order valence-corrected chi connectivity index (χ4v) is 2.53. The third-order valence-electron chi connectivity index (χ3n) is 4.03. The summed E-state index contributed by atoms with van der Waals surface area (Å²) in [6.45, 7) is 3.98. The Morgan fingerprint density at radius 1 is 1.07 bits per heavy atom. The molecule has 152 valence electrons. The van der Waals surface area contributed by atoms with Gasteiger partial charge in [-0.3, -0.25) is 9.79 Å². The van der Waals surface area contributed by atoms with Crippen LogP contribution in [0.1, 0.15) is 21.5 Å². The molecule has 0 unspecified atom stereocenters. The normalized spacial score (nSPS) is 10.6. The first-order valence-electron chi connectivity index (χ1n) is 9.07. The first-order valence-corrected chi connectivity index (χ1v) is 9.07. The number of carbonyl (C=O) groups excluding carboxylic acids is 1. The van der Waals surface area contributed by atoms with E-state index in [9.17, 15) is 4.79 Å². The van der Waals surface area contributed by atoms with Gasteiger partial charge < -0.3 is 20.7 Å². The Balaban J connectivity index is 0.00000392. The van der Waals surface area contributed by atoms with Crippen molar-refractivity contribution in [2.45, 2.75) is 13.3 Å². The van der Waals surface area contributed by atoms with Gasteiger partial charge in [-0.2, -0.15) is 0 Å². The largest absolute Gasteiger partial charge is 0.492 e. The highest BCUT2D eigenvalue weighted by molar-refractivity contribution is 14.0. The molecular weight excluding hydrogens is 467 g/mol. The number of aliphatic imine (C=N–C) groups is 1. The highest BCUT2D eigenvalue weighted by atomic mass is 127. The lowest BCUT2D eigenvalue weighted by Gasteiger charge is -2.13. The summed E-state index contributed by atoms with van der Waals surface area (Å²) in [6.07, 6.45) is 0.797. The Labute approximate surface area is 184 Å². The molecule has 3 N–H and O–H groups in total. The number of rotatable bonds is 8. The molecule has 0 saturated heterocycles. The van der Waals surface area contributed by atoms with E-state index in [1.807, 2.05) is 48.5 Å². The third kappa shape index (κ3) is 8.16. The summed E-state index contributed by atoms with van der Waals surface area (Å²) in [5.74, 6) is 1.52. The van der Waals surface area contributed by atoms with Crippen LogP contribution in [0, 0.1) is 6.92 Å². The van der Waals surface area contributed by atoms with Gasteiger partial charge in [0.2, 0.25) is 0 Å². The predicted molar refractivity (Wildman–Crippen MR) is 125 cm³/mol. The molecule has 6 nitrogen and oxygen atoms in total. The molecule has 0 aliphatic carbocycles. The average Bonchev–Trinajstić information content (AvgIpc) is 2.70. The highest BCUT2D eigenvalue weighted by Gasteiger charge is 2.04. The van der Waals surface area contributed by atoms with Crippen molar-refractivity contribution >= 4 is 35.8 Å². The van der Waals surface area contributed by atoms with Gasteiger partial charge in [-0.1, -0.05) is 29.8 Å². The number of halogens is 1. The number of benzene rings is 2. The van der Waals surface area contributed by atoms with Gasteiger partial charge in [0.1, 0.15) is 12.4 Å². The molecule has 0 bridgehead atoms. The van der Waals surface area contributed by atoms with Crippen LogP contribution in [0.15, 0.2) is 53.5 Å². The van der Waals surface area contributed by atoms with E-state index >= 15 is 0 Å². The van der Waals surface area contributed by atoms with Crippen LogP contribution in [0.3, 0.4) is 0 Å². The predicted octanol–water partition coefficient (Wildman–Crippen LogP) is 2.76. The minimum Gasteiger partial charge on any atom is -0.492 e. The number of aryl methyl sites for hydroxylation is 1. The number of nitrogens with zero attached hydrogens (tertiary/aromatic N) is 1. The topological polar surface area (TPSA) is 74.8 Å². The van der Waals surface area contributed by atoms with Gasteiger partial charge in [0.05, 0.1) is 6.54 Å². The Hall–Kier alpha value is -2.29. The maximum atomic E-state index is 11.7. The second-order valence-corrected chi connectivity index (χ2v) is 6.12. The van der Waals surface area contributed by atoms with Crippen LogP contribution < -0.4 is 20.7 Å². The number of hydrogen-bond donors (Lipinski definition) is 3. The van der Waals surface area contributed by atoms with Gasteiger partial charge in [-0.05, 0) is 43.2 Å². The standard InChI is InChI=1S/C21H28N4O2.HI/c1-16-7-9-19(10-8-16)27-14-13-25-21(23-3)24-12-11-17-5-4-6-18(15-17)20(26)22-2;/h4-10,15H,11-14H2,1-3H3,(H,22,26)(H2,23,24,25);1H. The van der Waals surface area contributed by atoms with E-state index in [4.69, 9.17) is 4.74 Å². The van der Waals surface area contributed by atoms with Crippen molar-refractivity contribution < 1.29 is 9.53 Å². The summed E-state index contributed by atoms with van der Waals surface area (Å²) in [4.78, 5) is 15.9. The molecule has 0 aromatic heterocycles. The van der Waals surface area contributed by atoms with Crippen molar-refractivity contribution in [3.05, 3.63) is 65.2 Å². The monoisotopic (exact) mass is 496 g/mol. The van der Waals surface area contributed by atoms with Gasteiger partial charge in [0.25, 0.3) is 5.91 Å². The maximum Gasteiger partial charge on any atom is 0.251 e. The minimum atomic E-state index is -0.0733. The van der Waals surface area contributed by atoms with Gasteiger partial charge >= 0.3 is 0 Å². The van der Waals surface area contributed by atoms with Gasteiger partial charge in [0, 0.05) is 26.2 Å². The van der Waals surface area contributed by atoms with Crippen LogP contribution in [0.2, 0.25) is 0 Å². The molecular formula is C21H29IN4O2. The van der Waals surface area contributed by atoms with Crippen LogP contribution in [-0.2, 0) is 6.42 Å². The molecule has 2 rings (SSSR count). The molecule has 28 heavy (non-hydrogen) atoms. The summed E-state index contributed by atoms with van der Waals surface area (Å²) >= 11 is 0. The van der Waals surface area contributed by atoms with Crippen LogP contribution in [-0.4, -0.2) is 45.7 Å². The van der Waals surface area contributed by atoms with Crippen molar-refractivity contribution in [1.82, 2.24) is 16.0 Å². The first kappa shape index (κ1) is 23.7. The Bertz CT molecular complexity index is 763. The molecule has 0 aliphatic heterocycles. The number of carbonyl (C=O) groups is 1. The zero-order valence-electron chi connectivity index (χ0n) is 16.6. The molecule has 0 fully saturated rings. The van der Waals surface area contributed by atoms with Crippen LogP contribution >= 0.6 is 24.0 Å². The number of nitrogens with one attached hydrogen (secondary N) is 3. The average molecular weight is 496 g/mol. The zero-order valence-corrected chi connectivity index (χ0v) is 18.9. The van der Waals surface area contributed by atoms with Crippen LogP contribution in [0.5, 0.6) is 5.75 Å². The van der Waals surface area contributed by atoms with Gasteiger partial charge in [-0.15, -0.1) is 24.0 Å². The summed E-state index contributed by atoms with van der Waals surface area (Å²) in [5.41, 5.74) is 2.98. The van der Waals surface area contributed by atoms with Crippen molar-refractivity contribution in [2.75, 3.05) is 33.8 Å². The summed E-state index contributed by atoms with van der Waals surface area (Å²) in [6, 6.07) is 15.6. The zero-order chi connectivity index (χ0) is 19.5. The molecule has 7 heteroatoms. The van der Waals surface area contributed by atoms with Crippen molar-refractivity contribution in [3.63, 3.8) is 0 Å². The minimum absolute atomic E-state index is 0. The fraction of sp³-hybridized carbons (Fsp3) is 0.333. The maximum absolute atomic E-state index is 11.7. The van der Waals surface area contributed by atoms with E-state index in [1.165, 1.54) is 5.56 Å². The third-order valence-corrected chi connectivity index (χ3v) is 4.03. The molecule has 0 radical (unpaired) electrons. The van der Waals surface area contributed by atoms with Crippen molar-refractivity contribution in [2.24, 2.45) is 4.99 Å². The number of hydrogen-bond acceptors (Lipinski definition) is 3. The molecule has 2 aromatic carbocycles. The summed E-state index contributed by atoms with van der Waals surface area (Å²) in [7, 11) is 3.37. The Morgan fingerprint density at radius 2 is 1.79 bits per heavy atom. The molecule has 0 spiro atoms. The smallest absolute Gasteiger partial charge is 0.251 e. The van der Waals surface area contributed by atoms with E-state index in [2.05, 4.69) is 27.9 Å². The highest BCUT2D eigenvalue weighted by Crippen LogP contribution is 2.10. The SMILES string of the molecule is CN=C(NCCOc1ccc(C)cc1)NCCc1cccc(C(=O)NC)c1.I. The van der Waals surface area contributed by atoms with E-state index in [-0.39, 0.29) is 29.9 Å². The lowest BCUT2D eigenvalue weighted by Crippen LogP contribution is -2.40. The number of ether oxygens (including phenoxy) is 1. The van der Waals surface area contributed by atoms with Crippen molar-refractivity contribution in [3.8, 4) is 5.75 Å². The molecule has 0 atom stereocenters. The second-order valence-electron chi connectivity index (χ2n) is 6.12. The van der Waals surface area contributed by atoms with E-state index in [0.29, 0.717) is 18.7 Å². The molecule has 1 amide bonds. The lowest BCUT2D eigenvalue weighted by atomic mass is 10.1. The van der Waals surface area contributed by atoms with Crippen LogP contribution in [0.4, 0.5) is 0 Å².